The standard InChI is InChI=1S/C31H44N2O6S/c1-6-28(20-27(21-32)19-24(2)29-11-13-31(14-12-29)40(35,36)37)30-9-7-26(8-10-30)23-33(15-17-38-4,16-18-39-5)22-25(3)34/h7-14,24,27-28H,3,6,15-20,22-23H2,1-2,4-5H3,(H-,34,35,36,37). The molecule has 2 rings (SSSR count). The Labute approximate surface area is 240 Å². The number of ether oxygens (including phenoxy) is 2. The quantitative estimate of drug-likeness (QED) is 0.142. The second-order valence-corrected chi connectivity index (χ2v) is 12.1. The van der Waals surface area contributed by atoms with Crippen LogP contribution < -0.4 is 0 Å². The van der Waals surface area contributed by atoms with E-state index in [0.717, 1.165) is 37.1 Å². The van der Waals surface area contributed by atoms with Crippen LogP contribution in [0.3, 0.4) is 0 Å². The highest BCUT2D eigenvalue weighted by atomic mass is 32.2. The lowest BCUT2D eigenvalue weighted by molar-refractivity contribution is -0.938. The van der Waals surface area contributed by atoms with Crippen molar-refractivity contribution in [3.05, 3.63) is 77.6 Å². The number of rotatable bonds is 18. The molecular weight excluding hydrogens is 528 g/mol. The van der Waals surface area contributed by atoms with Crippen LogP contribution in [0.25, 0.3) is 0 Å². The maximum absolute atomic E-state index is 11.2. The summed E-state index contributed by atoms with van der Waals surface area (Å²) in [6, 6.07) is 17.0. The summed E-state index contributed by atoms with van der Waals surface area (Å²) in [7, 11) is -1.14. The Hall–Kier alpha value is -2.74. The van der Waals surface area contributed by atoms with E-state index < -0.39 is 10.1 Å². The number of methoxy groups -OCH3 is 2. The average molecular weight is 573 g/mol. The molecular formula is C31H44N2O6S. The minimum Gasteiger partial charge on any atom is -0.744 e. The SMILES string of the molecule is C=C(O)C[N+](CCOC)(CCOC)Cc1ccc(C(CC)CC(C#N)CC(C)c2ccc(S(=O)(=O)[O-])cc2)cc1. The first-order chi connectivity index (χ1) is 19.0. The van der Waals surface area contributed by atoms with E-state index in [4.69, 9.17) is 9.47 Å². The van der Waals surface area contributed by atoms with Crippen LogP contribution in [-0.2, 0) is 26.1 Å². The molecule has 8 nitrogen and oxygen atoms in total. The van der Waals surface area contributed by atoms with E-state index in [1.165, 1.54) is 17.7 Å². The average Bonchev–Trinajstić information content (AvgIpc) is 2.92. The predicted octanol–water partition coefficient (Wildman–Crippen LogP) is 5.49. The molecule has 1 N–H and O–H groups in total. The smallest absolute Gasteiger partial charge is 0.139 e. The zero-order valence-electron chi connectivity index (χ0n) is 24.2. The van der Waals surface area contributed by atoms with E-state index in [1.54, 1.807) is 26.4 Å². The zero-order chi connectivity index (χ0) is 29.8. The molecule has 0 aliphatic heterocycles. The van der Waals surface area contributed by atoms with Crippen LogP contribution in [0.4, 0.5) is 0 Å². The van der Waals surface area contributed by atoms with E-state index in [1.807, 2.05) is 6.92 Å². The molecule has 0 radical (unpaired) electrons. The largest absolute Gasteiger partial charge is 0.744 e. The van der Waals surface area contributed by atoms with Crippen LogP contribution in [0.1, 0.15) is 61.6 Å². The molecule has 2 aromatic carbocycles. The second kappa shape index (κ2) is 15.9. The van der Waals surface area contributed by atoms with Gasteiger partial charge < -0.3 is 23.6 Å². The zero-order valence-corrected chi connectivity index (χ0v) is 25.0. The van der Waals surface area contributed by atoms with Gasteiger partial charge in [0.15, 0.2) is 0 Å². The number of nitrogens with zero attached hydrogens (tertiary/aromatic N) is 2. The maximum atomic E-state index is 11.2. The Bertz CT molecular complexity index is 1200. The van der Waals surface area contributed by atoms with Crippen LogP contribution in [0, 0.1) is 17.2 Å². The molecule has 0 aromatic heterocycles. The van der Waals surface area contributed by atoms with Crippen molar-refractivity contribution in [3.63, 3.8) is 0 Å². The van der Waals surface area contributed by atoms with Crippen molar-refractivity contribution >= 4 is 10.1 Å². The summed E-state index contributed by atoms with van der Waals surface area (Å²) < 4.78 is 44.9. The summed E-state index contributed by atoms with van der Waals surface area (Å²) in [5, 5.41) is 20.0. The summed E-state index contributed by atoms with van der Waals surface area (Å²) >= 11 is 0. The fourth-order valence-corrected chi connectivity index (χ4v) is 5.80. The maximum Gasteiger partial charge on any atom is 0.139 e. The summed E-state index contributed by atoms with van der Waals surface area (Å²) in [5.41, 5.74) is 3.22. The van der Waals surface area contributed by atoms with Crippen molar-refractivity contribution in [3.8, 4) is 6.07 Å². The van der Waals surface area contributed by atoms with Gasteiger partial charge in [-0.25, -0.2) is 8.42 Å². The fourth-order valence-electron chi connectivity index (χ4n) is 5.33. The number of nitriles is 1. The fraction of sp³-hybridized carbons (Fsp3) is 0.516. The van der Waals surface area contributed by atoms with Crippen LogP contribution in [0.15, 0.2) is 65.8 Å². The Morgan fingerprint density at radius 3 is 2.02 bits per heavy atom. The minimum absolute atomic E-state index is 0.0410. The molecule has 0 saturated heterocycles. The molecule has 0 spiro atoms. The summed E-state index contributed by atoms with van der Waals surface area (Å²) in [6.07, 6.45) is 2.25. The van der Waals surface area contributed by atoms with Gasteiger partial charge in [0.1, 0.15) is 42.1 Å². The number of hydrogen-bond donors (Lipinski definition) is 1. The Balaban J connectivity index is 2.13. The van der Waals surface area contributed by atoms with Crippen LogP contribution in [0.2, 0.25) is 0 Å². The first-order valence-electron chi connectivity index (χ1n) is 13.7. The van der Waals surface area contributed by atoms with E-state index >= 15 is 0 Å². The van der Waals surface area contributed by atoms with Gasteiger partial charge in [0, 0.05) is 25.7 Å². The van der Waals surface area contributed by atoms with Gasteiger partial charge in [-0.2, -0.15) is 5.26 Å². The van der Waals surface area contributed by atoms with Crippen molar-refractivity contribution in [2.75, 3.05) is 47.1 Å². The number of benzene rings is 2. The lowest BCUT2D eigenvalue weighted by Crippen LogP contribution is -2.52. The minimum atomic E-state index is -4.48. The normalized spacial score (nSPS) is 14.3. The number of aliphatic hydroxyl groups excluding tert-OH is 1. The highest BCUT2D eigenvalue weighted by molar-refractivity contribution is 7.85. The van der Waals surface area contributed by atoms with Gasteiger partial charge >= 0.3 is 0 Å². The molecule has 9 heteroatoms. The lowest BCUT2D eigenvalue weighted by atomic mass is 9.82. The highest BCUT2D eigenvalue weighted by Crippen LogP contribution is 2.33. The van der Waals surface area contributed by atoms with Crippen molar-refractivity contribution in [1.29, 1.82) is 5.26 Å². The Kier molecular flexibility index (Phi) is 13.3. The third-order valence-corrected chi connectivity index (χ3v) is 8.50. The third kappa shape index (κ3) is 10.3. The molecule has 40 heavy (non-hydrogen) atoms. The van der Waals surface area contributed by atoms with Gasteiger partial charge in [-0.15, -0.1) is 0 Å². The Morgan fingerprint density at radius 2 is 1.57 bits per heavy atom. The van der Waals surface area contributed by atoms with Gasteiger partial charge in [0.2, 0.25) is 0 Å². The van der Waals surface area contributed by atoms with E-state index in [2.05, 4.69) is 43.8 Å². The van der Waals surface area contributed by atoms with Gasteiger partial charge in [-0.05, 0) is 54.4 Å². The lowest BCUT2D eigenvalue weighted by Gasteiger charge is -2.38. The van der Waals surface area contributed by atoms with Crippen LogP contribution >= 0.6 is 0 Å². The predicted molar refractivity (Wildman–Crippen MR) is 155 cm³/mol. The molecule has 3 unspecified atom stereocenters. The summed E-state index contributed by atoms with van der Waals surface area (Å²) in [5.74, 6) is 0.222. The van der Waals surface area contributed by atoms with Crippen molar-refractivity contribution in [2.45, 2.75) is 56.4 Å². The molecule has 0 aliphatic carbocycles. The van der Waals surface area contributed by atoms with E-state index in [0.29, 0.717) is 37.2 Å². The first-order valence-corrected chi connectivity index (χ1v) is 15.1. The molecule has 3 atom stereocenters. The van der Waals surface area contributed by atoms with Crippen LogP contribution in [0.5, 0.6) is 0 Å². The number of aliphatic hydroxyl groups is 1. The topological polar surface area (TPSA) is 120 Å². The molecule has 0 fully saturated rings. The number of hydrogen-bond acceptors (Lipinski definition) is 7. The van der Waals surface area contributed by atoms with Crippen molar-refractivity contribution in [2.24, 2.45) is 5.92 Å². The van der Waals surface area contributed by atoms with E-state index in [9.17, 15) is 23.3 Å². The van der Waals surface area contributed by atoms with Crippen LogP contribution in [-0.4, -0.2) is 69.6 Å². The first kappa shape index (κ1) is 33.5. The molecule has 0 heterocycles. The second-order valence-electron chi connectivity index (χ2n) is 10.7. The summed E-state index contributed by atoms with van der Waals surface area (Å²) in [6.45, 7) is 11.5. The van der Waals surface area contributed by atoms with Crippen molar-refractivity contribution < 1.29 is 32.0 Å². The molecule has 2 aromatic rings. The highest BCUT2D eigenvalue weighted by Gasteiger charge is 2.29. The van der Waals surface area contributed by atoms with Gasteiger partial charge in [-0.1, -0.05) is 56.8 Å². The summed E-state index contributed by atoms with van der Waals surface area (Å²) in [4.78, 5) is -0.246. The molecule has 0 saturated carbocycles. The number of quaternary nitrogens is 1. The molecule has 0 amide bonds. The third-order valence-electron chi connectivity index (χ3n) is 7.65. The molecule has 220 valence electrons. The molecule has 0 bridgehead atoms. The monoisotopic (exact) mass is 572 g/mol. The van der Waals surface area contributed by atoms with Gasteiger partial charge in [0.05, 0.1) is 24.2 Å². The van der Waals surface area contributed by atoms with Gasteiger partial charge in [-0.3, -0.25) is 0 Å². The van der Waals surface area contributed by atoms with E-state index in [-0.39, 0.29) is 28.4 Å². The Morgan fingerprint density at radius 1 is 1.02 bits per heavy atom. The molecule has 0 aliphatic rings. The van der Waals surface area contributed by atoms with Crippen molar-refractivity contribution in [1.82, 2.24) is 0 Å². The van der Waals surface area contributed by atoms with Gasteiger partial charge in [0.25, 0.3) is 0 Å².